The van der Waals surface area contributed by atoms with Gasteiger partial charge in [-0.25, -0.2) is 0 Å². The van der Waals surface area contributed by atoms with Crippen molar-refractivity contribution in [3.8, 4) is 0 Å². The Morgan fingerprint density at radius 1 is 1.38 bits per heavy atom. The Bertz CT molecular complexity index is 181. The summed E-state index contributed by atoms with van der Waals surface area (Å²) in [6.07, 6.45) is 10.0. The zero-order valence-electron chi connectivity index (χ0n) is 8.45. The number of hydrogen-bond acceptors (Lipinski definition) is 2. The second-order valence-electron chi connectivity index (χ2n) is 2.71. The molecule has 0 aromatic rings. The summed E-state index contributed by atoms with van der Waals surface area (Å²) >= 11 is 0. The average Bonchev–Trinajstić information content (AvgIpc) is 2.11. The third-order valence-corrected chi connectivity index (χ3v) is 1.44. The molecular weight excluding hydrogens is 164 g/mol. The Kier molecular flexibility index (Phi) is 8.31. The molecule has 0 aromatic heterocycles. The van der Waals surface area contributed by atoms with Crippen molar-refractivity contribution >= 4 is 5.97 Å². The standard InChI is InChI=1S/C11H18O2/c1-3-5-6-7-8-10-13-11(12)9-4-2/h3,5-7H,4,8-10H2,1-2H3/b5-3+,7-6+. The maximum Gasteiger partial charge on any atom is 0.305 e. The average molecular weight is 182 g/mol. The van der Waals surface area contributed by atoms with Gasteiger partial charge in [-0.05, 0) is 19.8 Å². The van der Waals surface area contributed by atoms with Crippen molar-refractivity contribution in [2.24, 2.45) is 0 Å². The second-order valence-corrected chi connectivity index (χ2v) is 2.71. The van der Waals surface area contributed by atoms with Crippen molar-refractivity contribution in [2.75, 3.05) is 6.61 Å². The number of carbonyl (C=O) groups is 1. The molecule has 0 heterocycles. The van der Waals surface area contributed by atoms with Gasteiger partial charge in [-0.1, -0.05) is 31.2 Å². The Morgan fingerprint density at radius 2 is 2.15 bits per heavy atom. The molecule has 0 aromatic carbocycles. The number of ether oxygens (including phenoxy) is 1. The van der Waals surface area contributed by atoms with E-state index in [9.17, 15) is 4.79 Å². The molecule has 0 radical (unpaired) electrons. The lowest BCUT2D eigenvalue weighted by molar-refractivity contribution is -0.143. The van der Waals surface area contributed by atoms with E-state index in [0.29, 0.717) is 13.0 Å². The third-order valence-electron chi connectivity index (χ3n) is 1.44. The van der Waals surface area contributed by atoms with E-state index in [2.05, 4.69) is 0 Å². The van der Waals surface area contributed by atoms with Crippen LogP contribution in [-0.2, 0) is 9.53 Å². The summed E-state index contributed by atoms with van der Waals surface area (Å²) in [6.45, 7) is 4.42. The van der Waals surface area contributed by atoms with E-state index in [1.807, 2.05) is 38.2 Å². The Hall–Kier alpha value is -1.05. The van der Waals surface area contributed by atoms with Gasteiger partial charge in [-0.2, -0.15) is 0 Å². The SMILES string of the molecule is C/C=C/C=C/CCOC(=O)CCC. The van der Waals surface area contributed by atoms with Gasteiger partial charge in [0.05, 0.1) is 6.61 Å². The van der Waals surface area contributed by atoms with Crippen LogP contribution in [0.15, 0.2) is 24.3 Å². The highest BCUT2D eigenvalue weighted by molar-refractivity contribution is 5.69. The monoisotopic (exact) mass is 182 g/mol. The van der Waals surface area contributed by atoms with Crippen LogP contribution in [0.5, 0.6) is 0 Å². The van der Waals surface area contributed by atoms with Gasteiger partial charge in [0.15, 0.2) is 0 Å². The summed E-state index contributed by atoms with van der Waals surface area (Å²) in [7, 11) is 0. The highest BCUT2D eigenvalue weighted by Crippen LogP contribution is 1.93. The van der Waals surface area contributed by atoms with Crippen molar-refractivity contribution in [2.45, 2.75) is 33.1 Å². The van der Waals surface area contributed by atoms with Crippen LogP contribution in [-0.4, -0.2) is 12.6 Å². The van der Waals surface area contributed by atoms with Gasteiger partial charge in [0.25, 0.3) is 0 Å². The molecule has 0 rings (SSSR count). The molecule has 0 unspecified atom stereocenters. The maximum atomic E-state index is 10.9. The van der Waals surface area contributed by atoms with E-state index in [1.165, 1.54) is 0 Å². The lowest BCUT2D eigenvalue weighted by atomic mass is 10.3. The number of rotatable bonds is 6. The van der Waals surface area contributed by atoms with E-state index in [0.717, 1.165) is 12.8 Å². The Balaban J connectivity index is 3.29. The van der Waals surface area contributed by atoms with Crippen LogP contribution < -0.4 is 0 Å². The number of allylic oxidation sites excluding steroid dienone is 3. The smallest absolute Gasteiger partial charge is 0.305 e. The fourth-order valence-electron chi connectivity index (χ4n) is 0.803. The molecule has 0 amide bonds. The molecule has 74 valence electrons. The van der Waals surface area contributed by atoms with E-state index in [-0.39, 0.29) is 5.97 Å². The van der Waals surface area contributed by atoms with Crippen molar-refractivity contribution in [1.82, 2.24) is 0 Å². The van der Waals surface area contributed by atoms with Crippen LogP contribution in [0.4, 0.5) is 0 Å². The largest absolute Gasteiger partial charge is 0.465 e. The van der Waals surface area contributed by atoms with Gasteiger partial charge in [0.2, 0.25) is 0 Å². The second kappa shape index (κ2) is 9.04. The van der Waals surface area contributed by atoms with Gasteiger partial charge in [0, 0.05) is 6.42 Å². The van der Waals surface area contributed by atoms with E-state index >= 15 is 0 Å². The first-order valence-electron chi connectivity index (χ1n) is 4.74. The van der Waals surface area contributed by atoms with Crippen LogP contribution in [0, 0.1) is 0 Å². The van der Waals surface area contributed by atoms with E-state index < -0.39 is 0 Å². The molecule has 0 aliphatic carbocycles. The van der Waals surface area contributed by atoms with Crippen LogP contribution in [0.1, 0.15) is 33.1 Å². The molecule has 2 nitrogen and oxygen atoms in total. The van der Waals surface area contributed by atoms with E-state index in [4.69, 9.17) is 4.74 Å². The summed E-state index contributed by atoms with van der Waals surface area (Å²) < 4.78 is 4.95. The maximum absolute atomic E-state index is 10.9. The zero-order chi connectivity index (χ0) is 9.94. The summed E-state index contributed by atoms with van der Waals surface area (Å²) in [6, 6.07) is 0. The number of esters is 1. The van der Waals surface area contributed by atoms with Crippen molar-refractivity contribution in [3.05, 3.63) is 24.3 Å². The molecule has 0 spiro atoms. The van der Waals surface area contributed by atoms with Crippen LogP contribution in [0.25, 0.3) is 0 Å². The van der Waals surface area contributed by atoms with Crippen molar-refractivity contribution in [3.63, 3.8) is 0 Å². The van der Waals surface area contributed by atoms with Crippen LogP contribution >= 0.6 is 0 Å². The van der Waals surface area contributed by atoms with Crippen molar-refractivity contribution in [1.29, 1.82) is 0 Å². The number of hydrogen-bond donors (Lipinski definition) is 0. The lowest BCUT2D eigenvalue weighted by Crippen LogP contribution is -2.04. The first-order chi connectivity index (χ1) is 6.31. The quantitative estimate of drug-likeness (QED) is 0.358. The lowest BCUT2D eigenvalue weighted by Gasteiger charge is -1.99. The summed E-state index contributed by atoms with van der Waals surface area (Å²) in [5, 5.41) is 0. The van der Waals surface area contributed by atoms with Crippen LogP contribution in [0.2, 0.25) is 0 Å². The van der Waals surface area contributed by atoms with Gasteiger partial charge in [0.1, 0.15) is 0 Å². The minimum absolute atomic E-state index is 0.0954. The van der Waals surface area contributed by atoms with Crippen molar-refractivity contribution < 1.29 is 9.53 Å². The Morgan fingerprint density at radius 3 is 2.77 bits per heavy atom. The minimum atomic E-state index is -0.0954. The van der Waals surface area contributed by atoms with E-state index in [1.54, 1.807) is 0 Å². The fourth-order valence-corrected chi connectivity index (χ4v) is 0.803. The minimum Gasteiger partial charge on any atom is -0.465 e. The third kappa shape index (κ3) is 8.86. The van der Waals surface area contributed by atoms with Gasteiger partial charge in [-0.3, -0.25) is 4.79 Å². The molecule has 0 aliphatic heterocycles. The normalized spacial score (nSPS) is 11.2. The van der Waals surface area contributed by atoms with Gasteiger partial charge < -0.3 is 4.74 Å². The van der Waals surface area contributed by atoms with Crippen LogP contribution in [0.3, 0.4) is 0 Å². The molecule has 0 saturated carbocycles. The predicted molar refractivity (Wildman–Crippen MR) is 54.4 cm³/mol. The topological polar surface area (TPSA) is 26.3 Å². The molecule has 0 fully saturated rings. The molecule has 0 saturated heterocycles. The summed E-state index contributed by atoms with van der Waals surface area (Å²) in [4.78, 5) is 10.9. The molecule has 0 N–H and O–H groups in total. The fraction of sp³-hybridized carbons (Fsp3) is 0.545. The zero-order valence-corrected chi connectivity index (χ0v) is 8.45. The molecule has 0 bridgehead atoms. The van der Waals surface area contributed by atoms with Gasteiger partial charge >= 0.3 is 5.97 Å². The summed E-state index contributed by atoms with van der Waals surface area (Å²) in [5.74, 6) is -0.0954. The molecule has 2 heteroatoms. The highest BCUT2D eigenvalue weighted by atomic mass is 16.5. The molecule has 13 heavy (non-hydrogen) atoms. The molecular formula is C11H18O2. The van der Waals surface area contributed by atoms with Gasteiger partial charge in [-0.15, -0.1) is 0 Å². The first-order valence-corrected chi connectivity index (χ1v) is 4.74. The molecule has 0 atom stereocenters. The predicted octanol–water partition coefficient (Wildman–Crippen LogP) is 2.85. The highest BCUT2D eigenvalue weighted by Gasteiger charge is 1.97. The first kappa shape index (κ1) is 11.9. The molecule has 0 aliphatic rings. The summed E-state index contributed by atoms with van der Waals surface area (Å²) in [5.41, 5.74) is 0. The number of carbonyl (C=O) groups excluding carboxylic acids is 1. The Labute approximate surface area is 80.3 Å².